The van der Waals surface area contributed by atoms with E-state index in [0.29, 0.717) is 18.8 Å². The highest BCUT2D eigenvalue weighted by molar-refractivity contribution is 5.96. The van der Waals surface area contributed by atoms with E-state index in [-0.39, 0.29) is 18.2 Å². The van der Waals surface area contributed by atoms with Gasteiger partial charge in [-0.25, -0.2) is 0 Å². The van der Waals surface area contributed by atoms with Crippen molar-refractivity contribution in [3.63, 3.8) is 0 Å². The Balaban J connectivity index is 1.56. The summed E-state index contributed by atoms with van der Waals surface area (Å²) in [5.41, 5.74) is 1.24. The lowest BCUT2D eigenvalue weighted by Crippen LogP contribution is -2.32. The highest BCUT2D eigenvalue weighted by Crippen LogP contribution is 2.01. The van der Waals surface area contributed by atoms with E-state index in [1.54, 1.807) is 18.4 Å². The zero-order valence-electron chi connectivity index (χ0n) is 12.4. The predicted molar refractivity (Wildman–Crippen MR) is 82.9 cm³/mol. The molecule has 0 aliphatic rings. The van der Waals surface area contributed by atoms with Gasteiger partial charge < -0.3 is 15.1 Å². The molecule has 0 saturated heterocycles. The fourth-order valence-corrected chi connectivity index (χ4v) is 2.03. The molecule has 1 aromatic carbocycles. The molecule has 0 atom stereocenters. The summed E-state index contributed by atoms with van der Waals surface area (Å²) in [6.45, 7) is 0.867. The van der Waals surface area contributed by atoms with E-state index in [2.05, 4.69) is 22.8 Å². The molecule has 2 aromatic rings. The van der Waals surface area contributed by atoms with Crippen LogP contribution in [0.1, 0.15) is 24.2 Å². The van der Waals surface area contributed by atoms with Crippen molar-refractivity contribution in [1.29, 1.82) is 0 Å². The summed E-state index contributed by atoms with van der Waals surface area (Å²) in [4.78, 5) is 23.2. The quantitative estimate of drug-likeness (QED) is 0.579. The van der Waals surface area contributed by atoms with Crippen LogP contribution in [0.15, 0.2) is 53.1 Å². The molecule has 0 unspecified atom stereocenters. The number of aryl methyl sites for hydroxylation is 1. The van der Waals surface area contributed by atoms with Crippen LogP contribution in [-0.4, -0.2) is 18.4 Å². The molecule has 116 valence electrons. The van der Waals surface area contributed by atoms with E-state index in [0.717, 1.165) is 12.8 Å². The molecule has 1 heterocycles. The first-order valence-electron chi connectivity index (χ1n) is 7.34. The number of carbonyl (C=O) groups is 2. The first-order valence-corrected chi connectivity index (χ1v) is 7.34. The summed E-state index contributed by atoms with van der Waals surface area (Å²) in [5, 5.41) is 5.39. The maximum absolute atomic E-state index is 11.6. The summed E-state index contributed by atoms with van der Waals surface area (Å²) in [5.74, 6) is 0.0959. The highest BCUT2D eigenvalue weighted by Gasteiger charge is 2.09. The molecule has 5 heteroatoms. The van der Waals surface area contributed by atoms with Crippen LogP contribution in [0, 0.1) is 0 Å². The molecule has 2 amide bonds. The third kappa shape index (κ3) is 5.83. The van der Waals surface area contributed by atoms with Gasteiger partial charge in [0.1, 0.15) is 12.2 Å². The SMILES string of the molecule is O=C(CC(=O)NCc1ccco1)NCCCc1ccccc1. The van der Waals surface area contributed by atoms with Gasteiger partial charge in [0.05, 0.1) is 12.8 Å². The lowest BCUT2D eigenvalue weighted by molar-refractivity contribution is -0.129. The first kappa shape index (κ1) is 15.8. The Bertz CT molecular complexity index is 579. The van der Waals surface area contributed by atoms with Crippen LogP contribution >= 0.6 is 0 Å². The van der Waals surface area contributed by atoms with E-state index in [1.165, 1.54) is 5.56 Å². The predicted octanol–water partition coefficient (Wildman–Crippen LogP) is 2.03. The van der Waals surface area contributed by atoms with E-state index in [4.69, 9.17) is 4.42 Å². The van der Waals surface area contributed by atoms with Gasteiger partial charge >= 0.3 is 0 Å². The van der Waals surface area contributed by atoms with Crippen molar-refractivity contribution in [1.82, 2.24) is 10.6 Å². The van der Waals surface area contributed by atoms with Crippen LogP contribution in [0.25, 0.3) is 0 Å². The molecule has 2 rings (SSSR count). The van der Waals surface area contributed by atoms with Gasteiger partial charge in [-0.05, 0) is 30.5 Å². The van der Waals surface area contributed by atoms with E-state index in [9.17, 15) is 9.59 Å². The van der Waals surface area contributed by atoms with Crippen molar-refractivity contribution in [2.45, 2.75) is 25.8 Å². The molecule has 5 nitrogen and oxygen atoms in total. The Morgan fingerprint density at radius 3 is 2.45 bits per heavy atom. The topological polar surface area (TPSA) is 71.3 Å². The smallest absolute Gasteiger partial charge is 0.229 e. The zero-order valence-corrected chi connectivity index (χ0v) is 12.4. The van der Waals surface area contributed by atoms with Crippen LogP contribution in [-0.2, 0) is 22.6 Å². The Morgan fingerprint density at radius 2 is 1.73 bits per heavy atom. The molecule has 0 fully saturated rings. The number of carbonyl (C=O) groups excluding carboxylic acids is 2. The van der Waals surface area contributed by atoms with Gasteiger partial charge in [0.2, 0.25) is 11.8 Å². The van der Waals surface area contributed by atoms with Crippen molar-refractivity contribution < 1.29 is 14.0 Å². The highest BCUT2D eigenvalue weighted by atomic mass is 16.3. The number of benzene rings is 1. The number of amides is 2. The third-order valence-corrected chi connectivity index (χ3v) is 3.17. The number of furan rings is 1. The van der Waals surface area contributed by atoms with Crippen LogP contribution in [0.5, 0.6) is 0 Å². The molecular formula is C17H20N2O3. The summed E-state index contributed by atoms with van der Waals surface area (Å²) >= 11 is 0. The summed E-state index contributed by atoms with van der Waals surface area (Å²) in [6, 6.07) is 13.6. The Labute approximate surface area is 129 Å². The van der Waals surface area contributed by atoms with E-state index >= 15 is 0 Å². The van der Waals surface area contributed by atoms with Crippen LogP contribution in [0.2, 0.25) is 0 Å². The van der Waals surface area contributed by atoms with Gasteiger partial charge in [-0.2, -0.15) is 0 Å². The largest absolute Gasteiger partial charge is 0.467 e. The van der Waals surface area contributed by atoms with Gasteiger partial charge in [-0.1, -0.05) is 30.3 Å². The second-order valence-corrected chi connectivity index (χ2v) is 4.97. The molecule has 0 spiro atoms. The minimum atomic E-state index is -0.308. The number of rotatable bonds is 8. The molecule has 1 aromatic heterocycles. The van der Waals surface area contributed by atoms with Gasteiger partial charge in [0.25, 0.3) is 0 Å². The number of hydrogen-bond donors (Lipinski definition) is 2. The van der Waals surface area contributed by atoms with Crippen molar-refractivity contribution >= 4 is 11.8 Å². The average molecular weight is 300 g/mol. The molecule has 0 aliphatic carbocycles. The van der Waals surface area contributed by atoms with Crippen LogP contribution in [0.3, 0.4) is 0 Å². The Morgan fingerprint density at radius 1 is 0.955 bits per heavy atom. The van der Waals surface area contributed by atoms with Gasteiger partial charge in [0, 0.05) is 6.54 Å². The van der Waals surface area contributed by atoms with Crippen molar-refractivity contribution in [2.24, 2.45) is 0 Å². The van der Waals surface area contributed by atoms with Crippen LogP contribution in [0.4, 0.5) is 0 Å². The first-order chi connectivity index (χ1) is 10.7. The van der Waals surface area contributed by atoms with Crippen molar-refractivity contribution in [3.05, 3.63) is 60.1 Å². The zero-order chi connectivity index (χ0) is 15.6. The lowest BCUT2D eigenvalue weighted by atomic mass is 10.1. The Kier molecular flexibility index (Phi) is 6.23. The molecule has 22 heavy (non-hydrogen) atoms. The van der Waals surface area contributed by atoms with E-state index < -0.39 is 0 Å². The number of nitrogens with one attached hydrogen (secondary N) is 2. The average Bonchev–Trinajstić information content (AvgIpc) is 3.04. The van der Waals surface area contributed by atoms with Gasteiger partial charge in [-0.3, -0.25) is 9.59 Å². The van der Waals surface area contributed by atoms with Gasteiger partial charge in [0.15, 0.2) is 0 Å². The molecule has 0 radical (unpaired) electrons. The third-order valence-electron chi connectivity index (χ3n) is 3.17. The monoisotopic (exact) mass is 300 g/mol. The fourth-order valence-electron chi connectivity index (χ4n) is 2.03. The maximum atomic E-state index is 11.6. The fraction of sp³-hybridized carbons (Fsp3) is 0.294. The molecular weight excluding hydrogens is 280 g/mol. The minimum absolute atomic E-state index is 0.161. The summed E-state index contributed by atoms with van der Waals surface area (Å²) in [7, 11) is 0. The van der Waals surface area contributed by atoms with Gasteiger partial charge in [-0.15, -0.1) is 0 Å². The standard InChI is InChI=1S/C17H20N2O3/c20-16(12-17(21)19-13-15-9-5-11-22-15)18-10-4-8-14-6-2-1-3-7-14/h1-3,5-7,9,11H,4,8,10,12-13H2,(H,18,20)(H,19,21). The van der Waals surface area contributed by atoms with Crippen molar-refractivity contribution in [3.8, 4) is 0 Å². The minimum Gasteiger partial charge on any atom is -0.467 e. The van der Waals surface area contributed by atoms with Crippen molar-refractivity contribution in [2.75, 3.05) is 6.54 Å². The summed E-state index contributed by atoms with van der Waals surface area (Å²) in [6.07, 6.45) is 3.14. The molecule has 0 saturated carbocycles. The molecule has 0 bridgehead atoms. The Hall–Kier alpha value is -2.56. The molecule has 2 N–H and O–H groups in total. The van der Waals surface area contributed by atoms with E-state index in [1.807, 2.05) is 18.2 Å². The summed E-state index contributed by atoms with van der Waals surface area (Å²) < 4.78 is 5.10. The van der Waals surface area contributed by atoms with Crippen LogP contribution < -0.4 is 10.6 Å². The second kappa shape index (κ2) is 8.67. The normalized spacial score (nSPS) is 10.2. The number of hydrogen-bond acceptors (Lipinski definition) is 3. The lowest BCUT2D eigenvalue weighted by Gasteiger charge is -2.06. The maximum Gasteiger partial charge on any atom is 0.229 e. The second-order valence-electron chi connectivity index (χ2n) is 4.97. The molecule has 0 aliphatic heterocycles.